The van der Waals surface area contributed by atoms with Crippen LogP contribution < -0.4 is 5.73 Å². The van der Waals surface area contributed by atoms with Crippen molar-refractivity contribution in [2.75, 3.05) is 19.8 Å². The first-order valence-corrected chi connectivity index (χ1v) is 7.08. The number of fused-ring (bicyclic) bond motifs is 1. The molecule has 0 amide bonds. The van der Waals surface area contributed by atoms with E-state index in [1.165, 1.54) is 16.3 Å². The van der Waals surface area contributed by atoms with Crippen molar-refractivity contribution in [2.24, 2.45) is 11.7 Å². The Hall–Kier alpha value is -1.38. The van der Waals surface area contributed by atoms with Crippen molar-refractivity contribution in [2.45, 2.75) is 18.8 Å². The van der Waals surface area contributed by atoms with Gasteiger partial charge in [-0.1, -0.05) is 55.8 Å². The molecule has 1 heterocycles. The lowest BCUT2D eigenvalue weighted by molar-refractivity contribution is -0.0890. The highest BCUT2D eigenvalue weighted by molar-refractivity contribution is 5.86. The van der Waals surface area contributed by atoms with Crippen LogP contribution in [0.1, 0.15) is 18.9 Å². The second-order valence-corrected chi connectivity index (χ2v) is 5.52. The van der Waals surface area contributed by atoms with Gasteiger partial charge in [-0.2, -0.15) is 0 Å². The van der Waals surface area contributed by atoms with Gasteiger partial charge in [0.2, 0.25) is 0 Å². The van der Waals surface area contributed by atoms with Crippen LogP contribution in [0, 0.1) is 5.92 Å². The molecule has 1 aliphatic heterocycles. The highest BCUT2D eigenvalue weighted by Crippen LogP contribution is 2.43. The zero-order chi connectivity index (χ0) is 13.3. The van der Waals surface area contributed by atoms with E-state index in [0.29, 0.717) is 5.92 Å². The van der Waals surface area contributed by atoms with E-state index in [2.05, 4.69) is 49.4 Å². The predicted molar refractivity (Wildman–Crippen MR) is 79.3 cm³/mol. The maximum Gasteiger partial charge on any atom is 0.0589 e. The zero-order valence-electron chi connectivity index (χ0n) is 11.4. The Bertz CT molecular complexity index is 565. The first kappa shape index (κ1) is 12.6. The van der Waals surface area contributed by atoms with Crippen LogP contribution in [0.3, 0.4) is 0 Å². The molecule has 0 aromatic heterocycles. The van der Waals surface area contributed by atoms with Gasteiger partial charge in [-0.05, 0) is 28.8 Å². The van der Waals surface area contributed by atoms with Crippen molar-refractivity contribution in [1.29, 1.82) is 0 Å². The molecule has 19 heavy (non-hydrogen) atoms. The molecule has 0 radical (unpaired) electrons. The SMILES string of the molecule is CCC(CN)C1(c2cccc3ccccc23)COC1. The third-order valence-corrected chi connectivity index (χ3v) is 4.60. The van der Waals surface area contributed by atoms with Gasteiger partial charge in [-0.15, -0.1) is 0 Å². The zero-order valence-corrected chi connectivity index (χ0v) is 11.4. The Morgan fingerprint density at radius 2 is 1.89 bits per heavy atom. The number of ether oxygens (including phenoxy) is 1. The van der Waals surface area contributed by atoms with Crippen LogP contribution in [-0.4, -0.2) is 19.8 Å². The average Bonchev–Trinajstić information content (AvgIpc) is 2.42. The first-order valence-electron chi connectivity index (χ1n) is 7.08. The predicted octanol–water partition coefficient (Wildman–Crippen LogP) is 3.09. The van der Waals surface area contributed by atoms with Gasteiger partial charge in [0, 0.05) is 5.41 Å². The molecule has 0 saturated carbocycles. The molecule has 100 valence electrons. The molecule has 3 rings (SSSR count). The minimum absolute atomic E-state index is 0.115. The minimum atomic E-state index is 0.115. The van der Waals surface area contributed by atoms with Crippen molar-refractivity contribution in [3.8, 4) is 0 Å². The van der Waals surface area contributed by atoms with Crippen LogP contribution >= 0.6 is 0 Å². The van der Waals surface area contributed by atoms with Crippen LogP contribution in [0.4, 0.5) is 0 Å². The molecule has 2 N–H and O–H groups in total. The standard InChI is InChI=1S/C17H21NO/c1-2-14(10-18)17(11-19-12-17)16-9-5-7-13-6-3-4-8-15(13)16/h3-9,14H,2,10-12,18H2,1H3. The molecule has 0 bridgehead atoms. The summed E-state index contributed by atoms with van der Waals surface area (Å²) in [4.78, 5) is 0. The average molecular weight is 255 g/mol. The van der Waals surface area contributed by atoms with Gasteiger partial charge in [0.25, 0.3) is 0 Å². The van der Waals surface area contributed by atoms with E-state index in [1.807, 2.05) is 0 Å². The summed E-state index contributed by atoms with van der Waals surface area (Å²) in [6.45, 7) is 4.55. The largest absolute Gasteiger partial charge is 0.379 e. The van der Waals surface area contributed by atoms with Crippen LogP contribution in [0.25, 0.3) is 10.8 Å². The van der Waals surface area contributed by atoms with E-state index in [-0.39, 0.29) is 5.41 Å². The maximum atomic E-state index is 6.00. The first-order chi connectivity index (χ1) is 9.31. The van der Waals surface area contributed by atoms with E-state index in [4.69, 9.17) is 10.5 Å². The summed E-state index contributed by atoms with van der Waals surface area (Å²) in [5.41, 5.74) is 7.53. The molecule has 0 aliphatic carbocycles. The summed E-state index contributed by atoms with van der Waals surface area (Å²) in [7, 11) is 0. The Morgan fingerprint density at radius 1 is 1.16 bits per heavy atom. The van der Waals surface area contributed by atoms with Crippen molar-refractivity contribution >= 4 is 10.8 Å². The van der Waals surface area contributed by atoms with Crippen LogP contribution in [0.5, 0.6) is 0 Å². The van der Waals surface area contributed by atoms with E-state index in [9.17, 15) is 0 Å². The Kier molecular flexibility index (Phi) is 3.29. The second-order valence-electron chi connectivity index (χ2n) is 5.52. The molecule has 1 atom stereocenters. The van der Waals surface area contributed by atoms with Crippen molar-refractivity contribution < 1.29 is 4.74 Å². The number of benzene rings is 2. The van der Waals surface area contributed by atoms with Crippen LogP contribution in [0.2, 0.25) is 0 Å². The molecule has 2 nitrogen and oxygen atoms in total. The van der Waals surface area contributed by atoms with Gasteiger partial charge in [-0.3, -0.25) is 0 Å². The number of hydrogen-bond acceptors (Lipinski definition) is 2. The molecule has 2 heteroatoms. The van der Waals surface area contributed by atoms with Gasteiger partial charge >= 0.3 is 0 Å². The normalized spacial score (nSPS) is 19.1. The molecule has 0 spiro atoms. The second kappa shape index (κ2) is 4.95. The molecule has 1 unspecified atom stereocenters. The van der Waals surface area contributed by atoms with Crippen molar-refractivity contribution in [3.05, 3.63) is 48.0 Å². The fourth-order valence-electron chi connectivity index (χ4n) is 3.38. The lowest BCUT2D eigenvalue weighted by Crippen LogP contribution is -2.54. The Labute approximate surface area is 114 Å². The quantitative estimate of drug-likeness (QED) is 0.911. The highest BCUT2D eigenvalue weighted by atomic mass is 16.5. The van der Waals surface area contributed by atoms with Gasteiger partial charge in [0.15, 0.2) is 0 Å². The number of hydrogen-bond donors (Lipinski definition) is 1. The number of rotatable bonds is 4. The fraction of sp³-hybridized carbons (Fsp3) is 0.412. The lowest BCUT2D eigenvalue weighted by Gasteiger charge is -2.47. The fourth-order valence-corrected chi connectivity index (χ4v) is 3.38. The molecular weight excluding hydrogens is 234 g/mol. The monoisotopic (exact) mass is 255 g/mol. The summed E-state index contributed by atoms with van der Waals surface area (Å²) in [6.07, 6.45) is 1.10. The third-order valence-electron chi connectivity index (χ3n) is 4.60. The van der Waals surface area contributed by atoms with Crippen molar-refractivity contribution in [3.63, 3.8) is 0 Å². The third kappa shape index (κ3) is 1.87. The maximum absolute atomic E-state index is 6.00. The minimum Gasteiger partial charge on any atom is -0.379 e. The topological polar surface area (TPSA) is 35.2 Å². The summed E-state index contributed by atoms with van der Waals surface area (Å²) >= 11 is 0. The van der Waals surface area contributed by atoms with Crippen molar-refractivity contribution in [1.82, 2.24) is 0 Å². The molecule has 2 aromatic rings. The van der Waals surface area contributed by atoms with E-state index in [0.717, 1.165) is 26.2 Å². The van der Waals surface area contributed by atoms with Crippen LogP contribution in [0.15, 0.2) is 42.5 Å². The smallest absolute Gasteiger partial charge is 0.0589 e. The summed E-state index contributed by atoms with van der Waals surface area (Å²) in [5.74, 6) is 0.493. The van der Waals surface area contributed by atoms with Gasteiger partial charge in [-0.25, -0.2) is 0 Å². The molecule has 2 aromatic carbocycles. The molecular formula is C17H21NO. The summed E-state index contributed by atoms with van der Waals surface area (Å²) < 4.78 is 5.57. The van der Waals surface area contributed by atoms with Gasteiger partial charge in [0.05, 0.1) is 13.2 Å². The van der Waals surface area contributed by atoms with E-state index < -0.39 is 0 Å². The summed E-state index contributed by atoms with van der Waals surface area (Å²) in [5, 5.41) is 2.65. The highest BCUT2D eigenvalue weighted by Gasteiger charge is 2.46. The van der Waals surface area contributed by atoms with Gasteiger partial charge in [0.1, 0.15) is 0 Å². The number of nitrogens with two attached hydrogens (primary N) is 1. The van der Waals surface area contributed by atoms with Crippen LogP contribution in [-0.2, 0) is 10.2 Å². The van der Waals surface area contributed by atoms with E-state index in [1.54, 1.807) is 0 Å². The Morgan fingerprint density at radius 3 is 2.53 bits per heavy atom. The Balaban J connectivity index is 2.16. The lowest BCUT2D eigenvalue weighted by atomic mass is 9.66. The summed E-state index contributed by atoms with van der Waals surface area (Å²) in [6, 6.07) is 15.2. The molecule has 1 aliphatic rings. The molecule has 1 saturated heterocycles. The van der Waals surface area contributed by atoms with Gasteiger partial charge < -0.3 is 10.5 Å². The molecule has 1 fully saturated rings. The van der Waals surface area contributed by atoms with E-state index >= 15 is 0 Å².